The Morgan fingerprint density at radius 1 is 1.25 bits per heavy atom. The summed E-state index contributed by atoms with van der Waals surface area (Å²) >= 11 is 3.48. The third-order valence-corrected chi connectivity index (χ3v) is 3.93. The van der Waals surface area contributed by atoms with E-state index >= 15 is 0 Å². The molecule has 0 saturated carbocycles. The maximum Gasteiger partial charge on any atom is 0.243 e. The van der Waals surface area contributed by atoms with Gasteiger partial charge in [-0.05, 0) is 40.4 Å². The maximum absolute atomic E-state index is 4.46. The van der Waals surface area contributed by atoms with Crippen LogP contribution in [0.2, 0.25) is 0 Å². The molecule has 2 aromatic heterocycles. The summed E-state index contributed by atoms with van der Waals surface area (Å²) in [5.74, 6) is 1.54. The van der Waals surface area contributed by atoms with E-state index in [2.05, 4.69) is 45.2 Å². The van der Waals surface area contributed by atoms with Crippen LogP contribution in [0.3, 0.4) is 0 Å². The zero-order chi connectivity index (χ0) is 14.4. The third-order valence-electron chi connectivity index (χ3n) is 3.31. The van der Waals surface area contributed by atoms with Gasteiger partial charge in [0.05, 0.1) is 4.47 Å². The lowest BCUT2D eigenvalue weighted by Gasteiger charge is -2.04. The van der Waals surface area contributed by atoms with Crippen LogP contribution in [0, 0.1) is 5.92 Å². The third kappa shape index (κ3) is 4.47. The van der Waals surface area contributed by atoms with Crippen molar-refractivity contribution in [3.8, 4) is 0 Å². The minimum absolute atomic E-state index is 0.707. The molecule has 0 atom stereocenters. The molecular weight excluding hydrogens is 316 g/mol. The predicted molar refractivity (Wildman–Crippen MR) is 87.1 cm³/mol. The summed E-state index contributed by atoms with van der Waals surface area (Å²) in [5.41, 5.74) is 0.854. The van der Waals surface area contributed by atoms with E-state index in [4.69, 9.17) is 0 Å². The van der Waals surface area contributed by atoms with E-state index in [9.17, 15) is 0 Å². The first-order valence-electron chi connectivity index (χ1n) is 7.41. The van der Waals surface area contributed by atoms with Gasteiger partial charge in [0.1, 0.15) is 0 Å². The lowest BCUT2D eigenvalue weighted by molar-refractivity contribution is 0.523. The number of anilines is 1. The van der Waals surface area contributed by atoms with E-state index in [0.717, 1.165) is 22.6 Å². The van der Waals surface area contributed by atoms with Crippen LogP contribution in [-0.4, -0.2) is 21.1 Å². The highest BCUT2D eigenvalue weighted by molar-refractivity contribution is 9.10. The van der Waals surface area contributed by atoms with Gasteiger partial charge in [0.25, 0.3) is 0 Å². The van der Waals surface area contributed by atoms with Gasteiger partial charge in [0, 0.05) is 12.7 Å². The summed E-state index contributed by atoms with van der Waals surface area (Å²) in [4.78, 5) is 4.46. The quantitative estimate of drug-likeness (QED) is 0.720. The van der Waals surface area contributed by atoms with Crippen molar-refractivity contribution in [3.63, 3.8) is 0 Å². The number of nitrogens with zero attached hydrogens (tertiary/aromatic N) is 3. The molecule has 2 heterocycles. The fraction of sp³-hybridized carbons (Fsp3) is 0.600. The van der Waals surface area contributed by atoms with E-state index in [1.165, 1.54) is 32.1 Å². The molecule has 110 valence electrons. The summed E-state index contributed by atoms with van der Waals surface area (Å²) in [6, 6.07) is 3.92. The number of hydrogen-bond acceptors (Lipinski definition) is 3. The topological polar surface area (TPSA) is 42.2 Å². The Morgan fingerprint density at radius 3 is 2.80 bits per heavy atom. The number of halogens is 1. The molecule has 0 unspecified atom stereocenters. The van der Waals surface area contributed by atoms with Crippen molar-refractivity contribution in [1.29, 1.82) is 0 Å². The highest BCUT2D eigenvalue weighted by atomic mass is 79.9. The molecule has 0 aromatic carbocycles. The molecule has 0 aliphatic carbocycles. The molecule has 0 saturated heterocycles. The standard InChI is InChI=1S/C15H23BrN4/c1-12(2)8-5-3-4-6-10-17-15-18-14-13(16)9-7-11-20(14)19-15/h7,9,11-12H,3-6,8,10H2,1-2H3,(H,17,19). The van der Waals surface area contributed by atoms with Crippen molar-refractivity contribution in [1.82, 2.24) is 14.6 Å². The van der Waals surface area contributed by atoms with Crippen LogP contribution >= 0.6 is 15.9 Å². The van der Waals surface area contributed by atoms with Crippen molar-refractivity contribution in [2.24, 2.45) is 5.92 Å². The number of unbranched alkanes of at least 4 members (excludes halogenated alkanes) is 3. The van der Waals surface area contributed by atoms with E-state index in [1.807, 2.05) is 18.3 Å². The Balaban J connectivity index is 1.69. The number of aromatic nitrogens is 3. The molecule has 0 aliphatic rings. The summed E-state index contributed by atoms with van der Waals surface area (Å²) in [7, 11) is 0. The van der Waals surface area contributed by atoms with E-state index in [-0.39, 0.29) is 0 Å². The highest BCUT2D eigenvalue weighted by Gasteiger charge is 2.05. The van der Waals surface area contributed by atoms with Crippen LogP contribution in [0.25, 0.3) is 5.65 Å². The first-order chi connectivity index (χ1) is 9.66. The minimum atomic E-state index is 0.707. The molecule has 2 aromatic rings. The Bertz CT molecular complexity index is 536. The molecule has 0 bridgehead atoms. The van der Waals surface area contributed by atoms with Crippen LogP contribution < -0.4 is 5.32 Å². The van der Waals surface area contributed by atoms with Crippen LogP contribution in [0.15, 0.2) is 22.8 Å². The lowest BCUT2D eigenvalue weighted by Crippen LogP contribution is -2.03. The molecule has 0 aliphatic heterocycles. The first-order valence-corrected chi connectivity index (χ1v) is 8.21. The largest absolute Gasteiger partial charge is 0.353 e. The molecule has 4 nitrogen and oxygen atoms in total. The van der Waals surface area contributed by atoms with Gasteiger partial charge in [-0.1, -0.05) is 39.5 Å². The van der Waals surface area contributed by atoms with Crippen LogP contribution in [-0.2, 0) is 0 Å². The second-order valence-electron chi connectivity index (χ2n) is 5.58. The van der Waals surface area contributed by atoms with Gasteiger partial charge < -0.3 is 5.32 Å². The average Bonchev–Trinajstić information content (AvgIpc) is 2.82. The van der Waals surface area contributed by atoms with Gasteiger partial charge in [0.2, 0.25) is 5.95 Å². The molecule has 20 heavy (non-hydrogen) atoms. The Morgan fingerprint density at radius 2 is 2.05 bits per heavy atom. The van der Waals surface area contributed by atoms with Gasteiger partial charge in [-0.2, -0.15) is 4.98 Å². The Kier molecular flexibility index (Phi) is 5.83. The number of nitrogens with one attached hydrogen (secondary N) is 1. The average molecular weight is 339 g/mol. The van der Waals surface area contributed by atoms with Gasteiger partial charge in [0.15, 0.2) is 5.65 Å². The lowest BCUT2D eigenvalue weighted by atomic mass is 10.0. The summed E-state index contributed by atoms with van der Waals surface area (Å²) in [6.07, 6.45) is 8.37. The molecule has 2 rings (SSSR count). The summed E-state index contributed by atoms with van der Waals surface area (Å²) in [5, 5.41) is 7.69. The Labute approximate surface area is 129 Å². The molecule has 0 radical (unpaired) electrons. The van der Waals surface area contributed by atoms with E-state index < -0.39 is 0 Å². The van der Waals surface area contributed by atoms with Crippen molar-refractivity contribution >= 4 is 27.5 Å². The fourth-order valence-electron chi connectivity index (χ4n) is 2.18. The minimum Gasteiger partial charge on any atom is -0.353 e. The van der Waals surface area contributed by atoms with Crippen molar-refractivity contribution < 1.29 is 0 Å². The molecule has 5 heteroatoms. The predicted octanol–water partition coefficient (Wildman–Crippen LogP) is 4.51. The van der Waals surface area contributed by atoms with Gasteiger partial charge in [-0.15, -0.1) is 5.10 Å². The number of pyridine rings is 1. The number of fused-ring (bicyclic) bond motifs is 1. The maximum atomic E-state index is 4.46. The zero-order valence-corrected chi connectivity index (χ0v) is 13.9. The van der Waals surface area contributed by atoms with Gasteiger partial charge in [-0.25, -0.2) is 4.52 Å². The van der Waals surface area contributed by atoms with Crippen molar-refractivity contribution in [2.75, 3.05) is 11.9 Å². The first kappa shape index (κ1) is 15.3. The van der Waals surface area contributed by atoms with E-state index in [0.29, 0.717) is 5.95 Å². The smallest absolute Gasteiger partial charge is 0.243 e. The molecular formula is C15H23BrN4. The zero-order valence-electron chi connectivity index (χ0n) is 12.3. The van der Waals surface area contributed by atoms with Crippen molar-refractivity contribution in [3.05, 3.63) is 22.8 Å². The van der Waals surface area contributed by atoms with Crippen LogP contribution in [0.1, 0.15) is 46.0 Å². The second kappa shape index (κ2) is 7.62. The molecule has 0 fully saturated rings. The summed E-state index contributed by atoms with van der Waals surface area (Å²) in [6.45, 7) is 5.51. The SMILES string of the molecule is CC(C)CCCCCCNc1nc2c(Br)cccn2n1. The van der Waals surface area contributed by atoms with E-state index in [1.54, 1.807) is 4.52 Å². The normalized spacial score (nSPS) is 11.4. The summed E-state index contributed by atoms with van der Waals surface area (Å²) < 4.78 is 2.75. The number of hydrogen-bond donors (Lipinski definition) is 1. The van der Waals surface area contributed by atoms with Crippen molar-refractivity contribution in [2.45, 2.75) is 46.0 Å². The number of rotatable bonds is 8. The Hall–Kier alpha value is -1.10. The fourth-order valence-corrected chi connectivity index (χ4v) is 2.60. The second-order valence-corrected chi connectivity index (χ2v) is 6.44. The van der Waals surface area contributed by atoms with Gasteiger partial charge >= 0.3 is 0 Å². The van der Waals surface area contributed by atoms with Gasteiger partial charge in [-0.3, -0.25) is 0 Å². The molecule has 0 spiro atoms. The highest BCUT2D eigenvalue weighted by Crippen LogP contribution is 2.16. The molecule has 1 N–H and O–H groups in total. The van der Waals surface area contributed by atoms with Crippen LogP contribution in [0.4, 0.5) is 5.95 Å². The molecule has 0 amide bonds. The monoisotopic (exact) mass is 338 g/mol. The van der Waals surface area contributed by atoms with Crippen LogP contribution in [0.5, 0.6) is 0 Å².